The van der Waals surface area contributed by atoms with Gasteiger partial charge in [-0.2, -0.15) is 0 Å². The third-order valence-electron chi connectivity index (χ3n) is 7.68. The maximum atomic E-state index is 12.3. The van der Waals surface area contributed by atoms with Crippen LogP contribution in [0.4, 0.5) is 5.69 Å². The molecule has 0 radical (unpaired) electrons. The van der Waals surface area contributed by atoms with Gasteiger partial charge in [-0.15, -0.1) is 16.2 Å². The first-order valence-electron chi connectivity index (χ1n) is 13.5. The minimum absolute atomic E-state index is 0.187. The van der Waals surface area contributed by atoms with Crippen molar-refractivity contribution < 1.29 is 14.4 Å². The summed E-state index contributed by atoms with van der Waals surface area (Å²) in [4.78, 5) is 55.2. The number of likely N-dealkylation sites (tertiary alicyclic amines) is 1. The number of hydrogen-bond acceptors (Lipinski definition) is 7. The molecule has 2 aliphatic heterocycles. The number of nitroso groups, excluding NO2 is 1. The van der Waals surface area contributed by atoms with Crippen molar-refractivity contribution in [2.45, 2.75) is 65.7 Å². The second-order valence-corrected chi connectivity index (χ2v) is 11.4. The van der Waals surface area contributed by atoms with Crippen molar-refractivity contribution >= 4 is 35.2 Å². The lowest BCUT2D eigenvalue weighted by atomic mass is 10.1. The van der Waals surface area contributed by atoms with Crippen LogP contribution in [0.25, 0.3) is 10.4 Å². The molecule has 1 aromatic heterocycles. The van der Waals surface area contributed by atoms with E-state index < -0.39 is 6.04 Å². The molecule has 210 valence electrons. The number of carbonyl (C=O) groups excluding carboxylic acids is 3. The predicted octanol–water partition coefficient (Wildman–Crippen LogP) is 5.44. The summed E-state index contributed by atoms with van der Waals surface area (Å²) < 4.78 is 0. The van der Waals surface area contributed by atoms with Crippen LogP contribution in [0.5, 0.6) is 0 Å². The smallest absolute Gasteiger partial charge is 0.254 e. The quantitative estimate of drug-likeness (QED) is 0.291. The molecule has 2 unspecified atom stereocenters. The fraction of sp³-hybridized carbons (Fsp3) is 0.400. The molecule has 0 spiro atoms. The molecule has 0 bridgehead atoms. The average Bonchev–Trinajstić information content (AvgIpc) is 3.70. The first-order valence-corrected chi connectivity index (χ1v) is 14.4. The van der Waals surface area contributed by atoms with E-state index >= 15 is 0 Å². The highest BCUT2D eigenvalue weighted by atomic mass is 32.1. The maximum absolute atomic E-state index is 12.3. The number of rotatable bonds is 8. The van der Waals surface area contributed by atoms with Crippen LogP contribution in [0.2, 0.25) is 0 Å². The molecule has 1 saturated heterocycles. The molecule has 2 aromatic carbocycles. The summed E-state index contributed by atoms with van der Waals surface area (Å²) >= 11 is 1.50. The molecule has 1 N–H and O–H groups in total. The van der Waals surface area contributed by atoms with Crippen LogP contribution in [-0.2, 0) is 22.7 Å². The van der Waals surface area contributed by atoms with Crippen molar-refractivity contribution in [2.24, 2.45) is 11.1 Å². The van der Waals surface area contributed by atoms with Gasteiger partial charge in [0.1, 0.15) is 11.7 Å². The number of aromatic nitrogens is 1. The molecule has 3 aromatic rings. The Morgan fingerprint density at radius 3 is 2.65 bits per heavy atom. The van der Waals surface area contributed by atoms with Crippen molar-refractivity contribution in [2.75, 3.05) is 6.54 Å². The summed E-state index contributed by atoms with van der Waals surface area (Å²) in [5.41, 5.74) is 6.52. The Bertz CT molecular complexity index is 1390. The van der Waals surface area contributed by atoms with Gasteiger partial charge in [0, 0.05) is 36.8 Å². The van der Waals surface area contributed by atoms with E-state index in [-0.39, 0.29) is 18.4 Å². The number of carbonyl (C=O) groups is 3. The zero-order chi connectivity index (χ0) is 28.8. The van der Waals surface area contributed by atoms with E-state index in [1.165, 1.54) is 16.2 Å². The molecule has 40 heavy (non-hydrogen) atoms. The van der Waals surface area contributed by atoms with Crippen molar-refractivity contribution in [3.63, 3.8) is 0 Å². The summed E-state index contributed by atoms with van der Waals surface area (Å²) in [6, 6.07) is 13.2. The van der Waals surface area contributed by atoms with Gasteiger partial charge in [0.15, 0.2) is 0 Å². The SMILES string of the molecule is CC(C)C(C)N1Cc2ccccc2C1=O.Cc1ncsc1-c1ccc(CNC(=O)C2CCCN2C=O)c(N=O)c1. The summed E-state index contributed by atoms with van der Waals surface area (Å²) in [6.45, 7) is 9.91. The van der Waals surface area contributed by atoms with Gasteiger partial charge in [0.05, 0.1) is 16.1 Å². The molecule has 0 aliphatic carbocycles. The molecular weight excluding hydrogens is 526 g/mol. The highest BCUT2D eigenvalue weighted by molar-refractivity contribution is 7.13. The molecular formula is C30H35N5O4S. The summed E-state index contributed by atoms with van der Waals surface area (Å²) in [6.07, 6.45) is 2.19. The van der Waals surface area contributed by atoms with E-state index in [1.807, 2.05) is 42.2 Å². The Balaban J connectivity index is 0.000000210. The Hall–Kier alpha value is -3.92. The molecule has 2 aliphatic rings. The third kappa shape index (κ3) is 6.28. The number of benzene rings is 2. The van der Waals surface area contributed by atoms with Crippen LogP contribution in [-0.4, -0.2) is 51.6 Å². The van der Waals surface area contributed by atoms with Crippen LogP contribution in [0.1, 0.15) is 60.8 Å². The minimum atomic E-state index is -0.427. The van der Waals surface area contributed by atoms with Crippen molar-refractivity contribution in [1.29, 1.82) is 0 Å². The monoisotopic (exact) mass is 561 g/mol. The number of aryl methyl sites for hydroxylation is 1. The molecule has 2 atom stereocenters. The van der Waals surface area contributed by atoms with E-state index in [0.29, 0.717) is 42.6 Å². The summed E-state index contributed by atoms with van der Waals surface area (Å²) in [7, 11) is 0. The van der Waals surface area contributed by atoms with Gasteiger partial charge in [0.2, 0.25) is 12.3 Å². The van der Waals surface area contributed by atoms with Gasteiger partial charge < -0.3 is 15.1 Å². The van der Waals surface area contributed by atoms with Crippen molar-refractivity contribution in [3.8, 4) is 10.4 Å². The number of hydrogen-bond donors (Lipinski definition) is 1. The normalized spacial score (nSPS) is 16.8. The van der Waals surface area contributed by atoms with Crippen LogP contribution in [0.15, 0.2) is 53.2 Å². The predicted molar refractivity (Wildman–Crippen MR) is 156 cm³/mol. The number of amides is 3. The fourth-order valence-corrected chi connectivity index (χ4v) is 5.78. The molecule has 0 saturated carbocycles. The van der Waals surface area contributed by atoms with Gasteiger partial charge in [-0.25, -0.2) is 4.98 Å². The van der Waals surface area contributed by atoms with Gasteiger partial charge in [-0.3, -0.25) is 14.4 Å². The van der Waals surface area contributed by atoms with E-state index in [4.69, 9.17) is 0 Å². The summed E-state index contributed by atoms with van der Waals surface area (Å²) in [5, 5.41) is 5.89. The van der Waals surface area contributed by atoms with Gasteiger partial charge in [0.25, 0.3) is 5.91 Å². The van der Waals surface area contributed by atoms with E-state index in [0.717, 1.165) is 40.2 Å². The first-order chi connectivity index (χ1) is 19.2. The standard InChI is InChI=1S/C17H18N4O3S.C13H17NO/c1-11-16(25-9-19-11)12-4-5-13(14(7-12)20-24)8-18-17(23)15-3-2-6-21(15)10-22;1-9(2)10(3)14-8-11-6-4-5-7-12(11)13(14)15/h4-5,7,9-10,15H,2-3,6,8H2,1H3,(H,18,23);4-7,9-10H,8H2,1-3H3. The molecule has 9 nitrogen and oxygen atoms in total. The Labute approximate surface area is 238 Å². The second kappa shape index (κ2) is 13.0. The van der Waals surface area contributed by atoms with Crippen LogP contribution < -0.4 is 5.32 Å². The Kier molecular flexibility index (Phi) is 9.42. The molecule has 1 fully saturated rings. The Morgan fingerprint density at radius 2 is 2.00 bits per heavy atom. The molecule has 5 rings (SSSR count). The van der Waals surface area contributed by atoms with E-state index in [2.05, 4.69) is 36.2 Å². The van der Waals surface area contributed by atoms with E-state index in [9.17, 15) is 19.3 Å². The Morgan fingerprint density at radius 1 is 1.23 bits per heavy atom. The lowest BCUT2D eigenvalue weighted by molar-refractivity contribution is -0.131. The number of nitrogens with one attached hydrogen (secondary N) is 1. The topological polar surface area (TPSA) is 112 Å². The first kappa shape index (κ1) is 29.1. The zero-order valence-corrected chi connectivity index (χ0v) is 24.1. The second-order valence-electron chi connectivity index (χ2n) is 10.5. The average molecular weight is 562 g/mol. The van der Waals surface area contributed by atoms with Crippen LogP contribution in [0.3, 0.4) is 0 Å². The number of nitrogens with zero attached hydrogens (tertiary/aromatic N) is 4. The molecule has 3 amide bonds. The largest absolute Gasteiger partial charge is 0.350 e. The lowest BCUT2D eigenvalue weighted by Crippen LogP contribution is -2.42. The summed E-state index contributed by atoms with van der Waals surface area (Å²) in [5.74, 6) is 0.485. The van der Waals surface area contributed by atoms with Crippen LogP contribution >= 0.6 is 11.3 Å². The lowest BCUT2D eigenvalue weighted by Gasteiger charge is -2.27. The van der Waals surface area contributed by atoms with Gasteiger partial charge >= 0.3 is 0 Å². The van der Waals surface area contributed by atoms with Gasteiger partial charge in [-0.05, 0) is 61.0 Å². The number of fused-ring (bicyclic) bond motifs is 1. The van der Waals surface area contributed by atoms with Gasteiger partial charge in [-0.1, -0.05) is 44.2 Å². The third-order valence-corrected chi connectivity index (χ3v) is 8.66. The van der Waals surface area contributed by atoms with Crippen LogP contribution in [0, 0.1) is 17.7 Å². The fourth-order valence-electron chi connectivity index (χ4n) is 4.98. The highest BCUT2D eigenvalue weighted by Crippen LogP contribution is 2.32. The highest BCUT2D eigenvalue weighted by Gasteiger charge is 2.31. The zero-order valence-electron chi connectivity index (χ0n) is 23.3. The molecule has 10 heteroatoms. The minimum Gasteiger partial charge on any atom is -0.350 e. The maximum Gasteiger partial charge on any atom is 0.254 e. The van der Waals surface area contributed by atoms with Crippen molar-refractivity contribution in [3.05, 3.63) is 75.3 Å². The number of thiazole rings is 1. The van der Waals surface area contributed by atoms with E-state index in [1.54, 1.807) is 17.6 Å². The molecule has 3 heterocycles. The van der Waals surface area contributed by atoms with Crippen molar-refractivity contribution in [1.82, 2.24) is 20.1 Å².